The summed E-state index contributed by atoms with van der Waals surface area (Å²) >= 11 is 9.31. The van der Waals surface area contributed by atoms with Gasteiger partial charge in [0.05, 0.1) is 1.43 Å². The quantitative estimate of drug-likeness (QED) is 0.0355. The van der Waals surface area contributed by atoms with Crippen LogP contribution < -0.4 is 0 Å². The molecule has 4 heteroatoms. The van der Waals surface area contributed by atoms with E-state index in [1.807, 2.05) is 22.7 Å². The molecule has 9 rings (SSSR count). The number of alkyl halides is 2. The minimum Gasteiger partial charge on any atom is -0.140 e. The van der Waals surface area contributed by atoms with E-state index in [1.54, 1.807) is 0 Å². The molecule has 286 valence electrons. The van der Waals surface area contributed by atoms with E-state index in [9.17, 15) is 0 Å². The lowest BCUT2D eigenvalue weighted by Crippen LogP contribution is -2.10. The Morgan fingerprint density at radius 3 is 1.36 bits per heavy atom. The van der Waals surface area contributed by atoms with Crippen molar-refractivity contribution < 1.29 is 0 Å². The molecule has 7 aromatic carbocycles. The van der Waals surface area contributed by atoms with Gasteiger partial charge in [0, 0.05) is 30.6 Å². The van der Waals surface area contributed by atoms with Crippen LogP contribution in [0.2, 0.25) is 0 Å². The molecule has 0 saturated heterocycles. The van der Waals surface area contributed by atoms with E-state index in [0.29, 0.717) is 0 Å². The van der Waals surface area contributed by atoms with Crippen LogP contribution in [0.3, 0.4) is 0 Å². The first kappa shape index (κ1) is 39.0. The average Bonchev–Trinajstić information content (AvgIpc) is 3.85. The van der Waals surface area contributed by atoms with Crippen molar-refractivity contribution in [2.24, 2.45) is 0 Å². The predicted octanol–water partition coefficient (Wildman–Crippen LogP) is 18.5. The molecular formula is C52H52I2S2. The van der Waals surface area contributed by atoms with Crippen molar-refractivity contribution in [2.45, 2.75) is 113 Å². The fourth-order valence-electron chi connectivity index (χ4n) is 9.29. The number of aryl methyl sites for hydroxylation is 2. The number of thiophene rings is 2. The molecule has 2 heterocycles. The average molecular weight is 995 g/mol. The van der Waals surface area contributed by atoms with Crippen LogP contribution in [0.1, 0.15) is 114 Å². The van der Waals surface area contributed by atoms with Gasteiger partial charge in [0.25, 0.3) is 0 Å². The van der Waals surface area contributed by atoms with Gasteiger partial charge in [-0.3, -0.25) is 0 Å². The molecule has 0 bridgehead atoms. The van der Waals surface area contributed by atoms with E-state index in [2.05, 4.69) is 172 Å². The predicted molar refractivity (Wildman–Crippen MR) is 270 cm³/mol. The molecule has 0 aliphatic carbocycles. The minimum atomic E-state index is -0.0217. The molecule has 0 N–H and O–H groups in total. The van der Waals surface area contributed by atoms with Gasteiger partial charge in [-0.05, 0) is 162 Å². The third-order valence-corrected chi connectivity index (χ3v) is 15.9. The van der Waals surface area contributed by atoms with Crippen molar-refractivity contribution >= 4 is 132 Å². The fraction of sp³-hybridized carbons (Fsp3) is 0.346. The van der Waals surface area contributed by atoms with Gasteiger partial charge in [-0.2, -0.15) is 0 Å². The maximum Gasteiger partial charge on any atom is 0.0954 e. The Kier molecular flexibility index (Phi) is 10.6. The van der Waals surface area contributed by atoms with E-state index in [4.69, 9.17) is 0 Å². The molecule has 0 nitrogen and oxygen atoms in total. The second-order valence-electron chi connectivity index (χ2n) is 17.5. The summed E-state index contributed by atoms with van der Waals surface area (Å²) in [5.41, 5.74) is 5.64. The van der Waals surface area contributed by atoms with Crippen LogP contribution in [0.5, 0.6) is 0 Å². The zero-order chi connectivity index (χ0) is 38.9. The first-order chi connectivity index (χ1) is 26.9. The molecule has 0 radical (unpaired) electrons. The second kappa shape index (κ2) is 15.3. The van der Waals surface area contributed by atoms with Crippen LogP contribution in [0.15, 0.2) is 84.9 Å². The van der Waals surface area contributed by atoms with Crippen molar-refractivity contribution in [1.82, 2.24) is 0 Å². The Morgan fingerprint density at radius 2 is 0.911 bits per heavy atom. The van der Waals surface area contributed by atoms with E-state index in [0.717, 1.165) is 0 Å². The molecule has 0 amide bonds. The molecule has 0 saturated carbocycles. The number of halogens is 2. The van der Waals surface area contributed by atoms with E-state index in [-0.39, 0.29) is 6.84 Å². The molecule has 2 aromatic heterocycles. The Labute approximate surface area is 368 Å². The summed E-state index contributed by atoms with van der Waals surface area (Å²) in [6, 6.07) is 34.6. The van der Waals surface area contributed by atoms with Crippen molar-refractivity contribution in [2.75, 3.05) is 0 Å². The SMILES string of the molecule is CCCCCCc1ccc(-c2cc3cc(C(C)(I)I)cc4cc(-c5ccc(CCCCCC)s5)c5c6ccc7cc(C(C)(C)C)cc8ccc(c2c5c34)c6c87)s1. The highest BCUT2D eigenvalue weighted by molar-refractivity contribution is 14.2. The molecule has 0 aliphatic rings. The summed E-state index contributed by atoms with van der Waals surface area (Å²) in [6.07, 6.45) is 12.7. The molecule has 0 unspecified atom stereocenters. The van der Waals surface area contributed by atoms with Gasteiger partial charge in [0.15, 0.2) is 0 Å². The van der Waals surface area contributed by atoms with Crippen LogP contribution in [0, 0.1) is 0 Å². The van der Waals surface area contributed by atoms with Crippen LogP contribution in [0.25, 0.3) is 85.5 Å². The van der Waals surface area contributed by atoms with Crippen molar-refractivity contribution in [3.63, 3.8) is 0 Å². The van der Waals surface area contributed by atoms with Gasteiger partial charge in [-0.25, -0.2) is 0 Å². The number of hydrogen-bond donors (Lipinski definition) is 0. The maximum atomic E-state index is 2.63. The minimum absolute atomic E-state index is 0.0217. The largest absolute Gasteiger partial charge is 0.140 e. The summed E-state index contributed by atoms with van der Waals surface area (Å²) in [5.74, 6) is 0. The van der Waals surface area contributed by atoms with Gasteiger partial charge >= 0.3 is 0 Å². The normalized spacial score (nSPS) is 13.0. The van der Waals surface area contributed by atoms with Gasteiger partial charge < -0.3 is 0 Å². The zero-order valence-electron chi connectivity index (χ0n) is 33.7. The summed E-state index contributed by atoms with van der Waals surface area (Å²) in [4.78, 5) is 5.81. The lowest BCUT2D eigenvalue weighted by atomic mass is 9.79. The number of rotatable bonds is 13. The monoisotopic (exact) mass is 994 g/mol. The van der Waals surface area contributed by atoms with Gasteiger partial charge in [-0.15, -0.1) is 22.7 Å². The molecule has 56 heavy (non-hydrogen) atoms. The third kappa shape index (κ3) is 6.94. The summed E-state index contributed by atoms with van der Waals surface area (Å²) < 4.78 is -0.0217. The highest BCUT2D eigenvalue weighted by atomic mass is 127. The van der Waals surface area contributed by atoms with Crippen molar-refractivity contribution in [3.8, 4) is 20.9 Å². The topological polar surface area (TPSA) is 0 Å². The van der Waals surface area contributed by atoms with E-state index < -0.39 is 0 Å². The van der Waals surface area contributed by atoms with Gasteiger partial charge in [0.1, 0.15) is 0 Å². The second-order valence-corrected chi connectivity index (χ2v) is 26.2. The van der Waals surface area contributed by atoms with Crippen LogP contribution in [-0.4, -0.2) is 0 Å². The lowest BCUT2D eigenvalue weighted by molar-refractivity contribution is 0.591. The molecule has 0 fully saturated rings. The molecule has 0 spiro atoms. The smallest absolute Gasteiger partial charge is 0.0954 e. The molecule has 0 aliphatic heterocycles. The summed E-state index contributed by atoms with van der Waals surface area (Å²) in [7, 11) is 0. The third-order valence-electron chi connectivity index (χ3n) is 12.3. The zero-order valence-corrected chi connectivity index (χ0v) is 39.7. The Hall–Kier alpha value is -2.52. The first-order valence-electron chi connectivity index (χ1n) is 20.9. The summed E-state index contributed by atoms with van der Waals surface area (Å²) in [5, 5.41) is 16.8. The number of unbranched alkanes of at least 4 members (excludes halogenated alkanes) is 6. The maximum absolute atomic E-state index is 2.63. The molecular weight excluding hydrogens is 943 g/mol. The van der Waals surface area contributed by atoms with Gasteiger partial charge in [-0.1, -0.05) is 155 Å². The Balaban J connectivity index is 1.41. The first-order valence-corrected chi connectivity index (χ1v) is 24.7. The number of hydrogen-bond acceptors (Lipinski definition) is 2. The molecule has 9 aromatic rings. The fourth-order valence-corrected chi connectivity index (χ4v) is 12.1. The standard InChI is InChI=1S/C52H52I2S2/c1-7-9-11-13-15-37-19-23-43(55-37)41-29-33-27-36(52(6,53)54)28-34-30-42(44-24-20-38(56-44)16-14-12-10-8-2)49-40-22-18-32-26-35(51(3,4)5)25-31-17-21-39(47(40)45(31)32)48(41)50(49)46(33)34/h17-30H,7-16H2,1-6H3. The number of benzene rings is 7. The number of fused-ring (bicyclic) bond motifs is 2. The van der Waals surface area contributed by atoms with Crippen LogP contribution in [-0.2, 0) is 19.7 Å². The summed E-state index contributed by atoms with van der Waals surface area (Å²) in [6.45, 7) is 14.0. The van der Waals surface area contributed by atoms with Crippen molar-refractivity contribution in [1.29, 1.82) is 0 Å². The molecule has 0 atom stereocenters. The van der Waals surface area contributed by atoms with E-state index in [1.165, 1.54) is 171 Å². The Bertz CT molecular complexity index is 2680. The lowest BCUT2D eigenvalue weighted by Gasteiger charge is -2.25. The Morgan fingerprint density at radius 1 is 0.446 bits per heavy atom. The van der Waals surface area contributed by atoms with Gasteiger partial charge in [0.2, 0.25) is 0 Å². The van der Waals surface area contributed by atoms with E-state index >= 15 is 0 Å². The van der Waals surface area contributed by atoms with Crippen molar-refractivity contribution in [3.05, 3.63) is 106 Å². The van der Waals surface area contributed by atoms with Crippen LogP contribution >= 0.6 is 67.9 Å². The van der Waals surface area contributed by atoms with Crippen LogP contribution in [0.4, 0.5) is 0 Å². The highest BCUT2D eigenvalue weighted by Gasteiger charge is 2.27. The highest BCUT2D eigenvalue weighted by Crippen LogP contribution is 2.54.